The lowest BCUT2D eigenvalue weighted by Crippen LogP contribution is -2.53. The lowest BCUT2D eigenvalue weighted by Gasteiger charge is -2.36. The first kappa shape index (κ1) is 21.3. The normalized spacial score (nSPS) is 28.2. The number of hydrogen-bond acceptors (Lipinski definition) is 7. The van der Waals surface area contributed by atoms with Crippen LogP contribution >= 0.6 is 0 Å². The Balaban J connectivity index is 2.23. The van der Waals surface area contributed by atoms with Crippen LogP contribution in [0.2, 0.25) is 0 Å². The number of fused-ring (bicyclic) bond motifs is 2. The summed E-state index contributed by atoms with van der Waals surface area (Å²) in [5.41, 5.74) is -0.636. The summed E-state index contributed by atoms with van der Waals surface area (Å²) in [6.07, 6.45) is 0.384. The third-order valence-corrected chi connectivity index (χ3v) is 5.99. The summed E-state index contributed by atoms with van der Waals surface area (Å²) in [7, 11) is 2.85. The molecule has 4 atom stereocenters. The fraction of sp³-hybridized carbons (Fsp3) is 0.571. The number of esters is 2. The van der Waals surface area contributed by atoms with E-state index in [0.29, 0.717) is 17.7 Å². The van der Waals surface area contributed by atoms with Crippen LogP contribution in [0.1, 0.15) is 32.8 Å². The van der Waals surface area contributed by atoms with Crippen LogP contribution in [0, 0.1) is 5.92 Å². The first-order chi connectivity index (χ1) is 13.7. The van der Waals surface area contributed by atoms with Crippen molar-refractivity contribution in [1.29, 1.82) is 0 Å². The molecule has 0 saturated carbocycles. The number of para-hydroxylation sites is 1. The molecule has 29 heavy (non-hydrogen) atoms. The van der Waals surface area contributed by atoms with Crippen molar-refractivity contribution in [1.82, 2.24) is 5.32 Å². The molecule has 8 nitrogen and oxygen atoms in total. The Morgan fingerprint density at radius 1 is 1.17 bits per heavy atom. The SMILES string of the molecule is CCOC(=O)[C@@H]1[C@H](C(=O)OC)N[C@H](CC(C)(C)OC)[C@@]12C(=O)Nc1ccccc12. The number of hydrogen-bond donors (Lipinski definition) is 2. The zero-order chi connectivity index (χ0) is 21.4. The largest absolute Gasteiger partial charge is 0.468 e. The van der Waals surface area contributed by atoms with E-state index in [1.165, 1.54) is 7.11 Å². The smallest absolute Gasteiger partial charge is 0.323 e. The van der Waals surface area contributed by atoms with Crippen molar-refractivity contribution in [3.63, 3.8) is 0 Å². The second-order valence-corrected chi connectivity index (χ2v) is 7.99. The molecule has 0 radical (unpaired) electrons. The number of carbonyl (C=O) groups is 3. The van der Waals surface area contributed by atoms with E-state index in [0.717, 1.165) is 0 Å². The number of amides is 1. The fourth-order valence-electron chi connectivity index (χ4n) is 4.56. The van der Waals surface area contributed by atoms with Crippen LogP contribution in [-0.2, 0) is 34.0 Å². The number of rotatable bonds is 6. The van der Waals surface area contributed by atoms with Crippen molar-refractivity contribution in [2.45, 2.75) is 50.3 Å². The van der Waals surface area contributed by atoms with Gasteiger partial charge in [-0.25, -0.2) is 0 Å². The monoisotopic (exact) mass is 404 g/mol. The average Bonchev–Trinajstić information content (AvgIpc) is 3.18. The van der Waals surface area contributed by atoms with E-state index in [1.807, 2.05) is 32.0 Å². The molecule has 1 saturated heterocycles. The molecule has 0 unspecified atom stereocenters. The first-order valence-corrected chi connectivity index (χ1v) is 9.69. The summed E-state index contributed by atoms with van der Waals surface area (Å²) in [5, 5.41) is 6.10. The van der Waals surface area contributed by atoms with Gasteiger partial charge in [0.2, 0.25) is 5.91 Å². The van der Waals surface area contributed by atoms with Gasteiger partial charge in [0.1, 0.15) is 17.4 Å². The molecule has 8 heteroatoms. The minimum atomic E-state index is -1.32. The highest BCUT2D eigenvalue weighted by Gasteiger charge is 2.68. The van der Waals surface area contributed by atoms with E-state index < -0.39 is 41.0 Å². The van der Waals surface area contributed by atoms with Crippen LogP contribution in [0.5, 0.6) is 0 Å². The Labute approximate surface area is 170 Å². The quantitative estimate of drug-likeness (QED) is 0.691. The maximum Gasteiger partial charge on any atom is 0.323 e. The highest BCUT2D eigenvalue weighted by atomic mass is 16.5. The van der Waals surface area contributed by atoms with Crippen LogP contribution in [0.15, 0.2) is 24.3 Å². The van der Waals surface area contributed by atoms with Gasteiger partial charge in [-0.3, -0.25) is 19.7 Å². The second-order valence-electron chi connectivity index (χ2n) is 7.99. The Bertz CT molecular complexity index is 823. The summed E-state index contributed by atoms with van der Waals surface area (Å²) >= 11 is 0. The predicted octanol–water partition coefficient (Wildman–Crippen LogP) is 1.38. The Hall–Kier alpha value is -2.45. The summed E-state index contributed by atoms with van der Waals surface area (Å²) in [6, 6.07) is 5.65. The van der Waals surface area contributed by atoms with Crippen molar-refractivity contribution in [2.75, 3.05) is 26.1 Å². The minimum absolute atomic E-state index is 0.136. The number of methoxy groups -OCH3 is 2. The maximum absolute atomic E-state index is 13.5. The standard InChI is InChI=1S/C21H28N2O6/c1-6-29-17(24)15-16(18(25)27-4)23-14(11-20(2,3)28-5)21(15)12-9-7-8-10-13(12)22-19(21)26/h7-10,14-16,23H,6,11H2,1-5H3,(H,22,26)/t14-,15+,16-,21-/m1/s1. The molecule has 1 aromatic carbocycles. The number of nitrogens with one attached hydrogen (secondary N) is 2. The van der Waals surface area contributed by atoms with Crippen LogP contribution in [0.3, 0.4) is 0 Å². The molecule has 2 heterocycles. The molecule has 2 aliphatic heterocycles. The molecule has 1 aromatic rings. The molecule has 2 N–H and O–H groups in total. The molecule has 1 amide bonds. The average molecular weight is 404 g/mol. The van der Waals surface area contributed by atoms with E-state index in [-0.39, 0.29) is 12.5 Å². The molecular weight excluding hydrogens is 376 g/mol. The maximum atomic E-state index is 13.5. The lowest BCUT2D eigenvalue weighted by atomic mass is 9.65. The zero-order valence-corrected chi connectivity index (χ0v) is 17.4. The summed E-state index contributed by atoms with van der Waals surface area (Å²) in [6.45, 7) is 5.61. The van der Waals surface area contributed by atoms with E-state index in [4.69, 9.17) is 14.2 Å². The summed E-state index contributed by atoms with van der Waals surface area (Å²) in [4.78, 5) is 39.2. The zero-order valence-electron chi connectivity index (χ0n) is 17.4. The minimum Gasteiger partial charge on any atom is -0.468 e. The van der Waals surface area contributed by atoms with Gasteiger partial charge in [-0.2, -0.15) is 0 Å². The van der Waals surface area contributed by atoms with Crippen LogP contribution in [0.4, 0.5) is 5.69 Å². The number of anilines is 1. The fourth-order valence-corrected chi connectivity index (χ4v) is 4.56. The van der Waals surface area contributed by atoms with E-state index in [9.17, 15) is 14.4 Å². The second kappa shape index (κ2) is 7.76. The first-order valence-electron chi connectivity index (χ1n) is 9.69. The number of ether oxygens (including phenoxy) is 3. The van der Waals surface area contributed by atoms with Crippen molar-refractivity contribution >= 4 is 23.5 Å². The van der Waals surface area contributed by atoms with Crippen molar-refractivity contribution in [2.24, 2.45) is 5.92 Å². The van der Waals surface area contributed by atoms with Crippen LogP contribution < -0.4 is 10.6 Å². The summed E-state index contributed by atoms with van der Waals surface area (Å²) < 4.78 is 15.8. The van der Waals surface area contributed by atoms with E-state index in [1.54, 1.807) is 20.1 Å². The molecule has 0 aliphatic carbocycles. The Morgan fingerprint density at radius 3 is 2.48 bits per heavy atom. The molecule has 2 aliphatic rings. The number of benzene rings is 1. The van der Waals surface area contributed by atoms with Gasteiger partial charge in [0.25, 0.3) is 0 Å². The van der Waals surface area contributed by atoms with Crippen LogP contribution in [0.25, 0.3) is 0 Å². The molecule has 1 spiro atoms. The predicted molar refractivity (Wildman–Crippen MR) is 105 cm³/mol. The lowest BCUT2D eigenvalue weighted by molar-refractivity contribution is -0.158. The molecule has 0 aromatic heterocycles. The van der Waals surface area contributed by atoms with Crippen molar-refractivity contribution in [3.05, 3.63) is 29.8 Å². The topological polar surface area (TPSA) is 103 Å². The highest BCUT2D eigenvalue weighted by molar-refractivity contribution is 6.11. The Kier molecular flexibility index (Phi) is 5.69. The highest BCUT2D eigenvalue weighted by Crippen LogP contribution is 2.52. The van der Waals surface area contributed by atoms with Gasteiger partial charge in [0, 0.05) is 18.8 Å². The van der Waals surface area contributed by atoms with E-state index >= 15 is 0 Å². The van der Waals surface area contributed by atoms with Gasteiger partial charge >= 0.3 is 11.9 Å². The molecule has 158 valence electrons. The van der Waals surface area contributed by atoms with Gasteiger partial charge < -0.3 is 19.5 Å². The Morgan fingerprint density at radius 2 is 1.86 bits per heavy atom. The number of carbonyl (C=O) groups excluding carboxylic acids is 3. The molecule has 0 bridgehead atoms. The third-order valence-electron chi connectivity index (χ3n) is 5.99. The van der Waals surface area contributed by atoms with Gasteiger partial charge in [-0.05, 0) is 38.8 Å². The molecule has 1 fully saturated rings. The third kappa shape index (κ3) is 3.30. The van der Waals surface area contributed by atoms with Crippen molar-refractivity contribution in [3.8, 4) is 0 Å². The van der Waals surface area contributed by atoms with Gasteiger partial charge in [0.05, 0.1) is 19.3 Å². The van der Waals surface area contributed by atoms with E-state index in [2.05, 4.69) is 10.6 Å². The van der Waals surface area contributed by atoms with Crippen molar-refractivity contribution < 1.29 is 28.6 Å². The molecular formula is C21H28N2O6. The molecule has 3 rings (SSSR count). The van der Waals surface area contributed by atoms with Gasteiger partial charge in [-0.15, -0.1) is 0 Å². The van der Waals surface area contributed by atoms with Crippen LogP contribution in [-0.4, -0.2) is 56.4 Å². The van der Waals surface area contributed by atoms with Gasteiger partial charge in [0.15, 0.2) is 0 Å². The van der Waals surface area contributed by atoms with Gasteiger partial charge in [-0.1, -0.05) is 18.2 Å². The summed E-state index contributed by atoms with van der Waals surface area (Å²) in [5.74, 6) is -2.64.